The van der Waals surface area contributed by atoms with Crippen molar-refractivity contribution >= 4 is 66.3 Å². The first-order valence-corrected chi connectivity index (χ1v) is 25.9. The highest BCUT2D eigenvalue weighted by atomic mass is 16.3. The summed E-state index contributed by atoms with van der Waals surface area (Å²) in [6, 6.07) is 57.3. The molecule has 0 aliphatic rings. The molecular formula is C68H66N4O2. The second-order valence-electron chi connectivity index (χ2n) is 24.4. The van der Waals surface area contributed by atoms with E-state index in [1.807, 2.05) is 66.7 Å². The third-order valence-corrected chi connectivity index (χ3v) is 15.0. The smallest absolute Gasteiger partial charge is 0.127 e. The number of aliphatic imine (C=N–C) groups is 1. The van der Waals surface area contributed by atoms with Crippen LogP contribution in [-0.2, 0) is 21.7 Å². The standard InChI is InChI=1S/C68H66N4O2/c1-65(2,3)44-21-27-58-52(34-44)53-35-45(66(4,5)6)22-28-59(53)71(58)49-25-26-51(62(73)38-49)57-33-43(41-17-14-13-15-18-41)31-48(70-57)40-69-56-20-16-19-42-32-50(39-63(74)64(42)56)72-60-29-23-46(67(7,8)9)36-54(60)55-37-47(68(10,11)12)24-30-61(55)72/h13-40,73-74H,1-12H3. The number of phenols is 2. The second kappa shape index (κ2) is 17.3. The summed E-state index contributed by atoms with van der Waals surface area (Å²) in [7, 11) is 0. The lowest BCUT2D eigenvalue weighted by Gasteiger charge is -2.19. The third-order valence-electron chi connectivity index (χ3n) is 15.0. The van der Waals surface area contributed by atoms with Crippen molar-refractivity contribution in [2.24, 2.45) is 4.99 Å². The predicted octanol–water partition coefficient (Wildman–Crippen LogP) is 18.1. The fourth-order valence-electron chi connectivity index (χ4n) is 10.6. The van der Waals surface area contributed by atoms with Gasteiger partial charge in [-0.05, 0) is 145 Å². The average Bonchev–Trinajstić information content (AvgIpc) is 3.87. The van der Waals surface area contributed by atoms with Crippen molar-refractivity contribution in [1.82, 2.24) is 14.1 Å². The van der Waals surface area contributed by atoms with Crippen molar-refractivity contribution in [1.29, 1.82) is 0 Å². The van der Waals surface area contributed by atoms with Gasteiger partial charge < -0.3 is 19.3 Å². The normalized spacial score (nSPS) is 12.9. The number of hydrogen-bond donors (Lipinski definition) is 2. The van der Waals surface area contributed by atoms with Gasteiger partial charge in [-0.1, -0.05) is 150 Å². The van der Waals surface area contributed by atoms with Gasteiger partial charge in [0.25, 0.3) is 0 Å². The van der Waals surface area contributed by atoms with E-state index in [2.05, 4.69) is 189 Å². The van der Waals surface area contributed by atoms with E-state index in [9.17, 15) is 10.2 Å². The van der Waals surface area contributed by atoms with Crippen LogP contribution in [0.4, 0.5) is 5.69 Å². The molecule has 0 radical (unpaired) electrons. The van der Waals surface area contributed by atoms with Crippen LogP contribution in [0, 0.1) is 0 Å². The van der Waals surface area contributed by atoms with Gasteiger partial charge in [0.2, 0.25) is 0 Å². The van der Waals surface area contributed by atoms with Crippen LogP contribution in [0.3, 0.4) is 0 Å². The summed E-state index contributed by atoms with van der Waals surface area (Å²) < 4.78 is 4.53. The SMILES string of the molecule is CC(C)(C)c1ccc2c(c1)c1cc(C(C)(C)C)ccc1n2-c1ccc(-c2cc(-c3ccccc3)cc(C=Nc3cccc4cc(-n5c6ccc(C(C)(C)C)cc6c6cc(C(C)(C)C)ccc65)cc(O)c34)n2)c(O)c1. The molecule has 0 aliphatic heterocycles. The Balaban J connectivity index is 0.998. The largest absolute Gasteiger partial charge is 0.507 e. The van der Waals surface area contributed by atoms with Gasteiger partial charge in [0, 0.05) is 50.3 Å². The first kappa shape index (κ1) is 48.3. The van der Waals surface area contributed by atoms with Gasteiger partial charge in [-0.25, -0.2) is 4.98 Å². The van der Waals surface area contributed by atoms with E-state index in [0.717, 1.165) is 50.0 Å². The fraction of sp³-hybridized carbons (Fsp3) is 0.235. The summed E-state index contributed by atoms with van der Waals surface area (Å²) in [5.74, 6) is 0.264. The minimum Gasteiger partial charge on any atom is -0.507 e. The number of benzene rings is 8. The summed E-state index contributed by atoms with van der Waals surface area (Å²) >= 11 is 0. The van der Waals surface area contributed by atoms with Gasteiger partial charge >= 0.3 is 0 Å². The molecule has 8 aromatic carbocycles. The first-order valence-electron chi connectivity index (χ1n) is 25.9. The summed E-state index contributed by atoms with van der Waals surface area (Å²) in [6.07, 6.45) is 1.76. The summed E-state index contributed by atoms with van der Waals surface area (Å²) in [5, 5.41) is 30.4. The van der Waals surface area contributed by atoms with Crippen LogP contribution in [0.25, 0.3) is 88.1 Å². The zero-order chi connectivity index (χ0) is 52.2. The number of phenolic OH excluding ortho intramolecular Hbond substituents is 2. The highest BCUT2D eigenvalue weighted by Crippen LogP contribution is 2.43. The monoisotopic (exact) mass is 971 g/mol. The summed E-state index contributed by atoms with van der Waals surface area (Å²) in [4.78, 5) is 10.2. The molecule has 11 rings (SSSR count). The molecule has 0 atom stereocenters. The van der Waals surface area contributed by atoms with Gasteiger partial charge in [-0.2, -0.15) is 0 Å². The minimum absolute atomic E-state index is 0.0141. The Morgan fingerprint density at radius 1 is 0.419 bits per heavy atom. The Hall–Kier alpha value is -7.96. The maximum Gasteiger partial charge on any atom is 0.127 e. The van der Waals surface area contributed by atoms with Gasteiger partial charge in [0.1, 0.15) is 11.5 Å². The fourth-order valence-corrected chi connectivity index (χ4v) is 10.6. The molecule has 6 nitrogen and oxygen atoms in total. The minimum atomic E-state index is -0.0141. The topological polar surface area (TPSA) is 75.6 Å². The van der Waals surface area contributed by atoms with Gasteiger partial charge in [0.05, 0.1) is 51.0 Å². The molecule has 74 heavy (non-hydrogen) atoms. The molecule has 6 heteroatoms. The van der Waals surface area contributed by atoms with Crippen LogP contribution in [0.5, 0.6) is 11.5 Å². The van der Waals surface area contributed by atoms with Crippen molar-refractivity contribution in [3.05, 3.63) is 192 Å². The molecule has 3 aromatic heterocycles. The quantitative estimate of drug-likeness (QED) is 0.163. The molecule has 370 valence electrons. The molecule has 0 saturated carbocycles. The molecule has 0 fully saturated rings. The lowest BCUT2D eigenvalue weighted by Crippen LogP contribution is -2.10. The van der Waals surface area contributed by atoms with Gasteiger partial charge in [0.15, 0.2) is 0 Å². The summed E-state index contributed by atoms with van der Waals surface area (Å²) in [5.41, 5.74) is 15.5. The molecule has 2 N–H and O–H groups in total. The van der Waals surface area contributed by atoms with Gasteiger partial charge in [-0.3, -0.25) is 4.99 Å². The van der Waals surface area contributed by atoms with Gasteiger partial charge in [-0.15, -0.1) is 0 Å². The van der Waals surface area contributed by atoms with Crippen LogP contribution in [0.15, 0.2) is 169 Å². The van der Waals surface area contributed by atoms with E-state index in [4.69, 9.17) is 9.98 Å². The number of rotatable bonds is 6. The maximum atomic E-state index is 12.1. The molecular weight excluding hydrogens is 905 g/mol. The lowest BCUT2D eigenvalue weighted by molar-refractivity contribution is 0.477. The number of aromatic nitrogens is 3. The van der Waals surface area contributed by atoms with E-state index < -0.39 is 0 Å². The van der Waals surface area contributed by atoms with Crippen molar-refractivity contribution in [2.45, 2.75) is 105 Å². The van der Waals surface area contributed by atoms with Crippen molar-refractivity contribution in [2.75, 3.05) is 0 Å². The molecule has 11 aromatic rings. The number of aromatic hydroxyl groups is 2. The number of hydrogen-bond acceptors (Lipinski definition) is 4. The molecule has 0 bridgehead atoms. The zero-order valence-corrected chi connectivity index (χ0v) is 44.8. The van der Waals surface area contributed by atoms with Crippen LogP contribution in [0.2, 0.25) is 0 Å². The zero-order valence-electron chi connectivity index (χ0n) is 44.8. The summed E-state index contributed by atoms with van der Waals surface area (Å²) in [6.45, 7) is 27.0. The van der Waals surface area contributed by atoms with E-state index in [0.29, 0.717) is 28.0 Å². The lowest BCUT2D eigenvalue weighted by atomic mass is 9.85. The molecule has 0 unspecified atom stereocenters. The Labute approximate surface area is 435 Å². The molecule has 3 heterocycles. The van der Waals surface area contributed by atoms with E-state index in [-0.39, 0.29) is 33.2 Å². The number of nitrogens with zero attached hydrogens (tertiary/aromatic N) is 4. The van der Waals surface area contributed by atoms with Crippen LogP contribution in [-0.4, -0.2) is 30.5 Å². The third kappa shape index (κ3) is 8.60. The predicted molar refractivity (Wildman–Crippen MR) is 313 cm³/mol. The molecule has 0 amide bonds. The average molecular weight is 971 g/mol. The Morgan fingerprint density at radius 3 is 1.36 bits per heavy atom. The van der Waals surface area contributed by atoms with Crippen LogP contribution >= 0.6 is 0 Å². The van der Waals surface area contributed by atoms with Crippen LogP contribution in [0.1, 0.15) is 111 Å². The van der Waals surface area contributed by atoms with E-state index >= 15 is 0 Å². The van der Waals surface area contributed by atoms with E-state index in [1.165, 1.54) is 43.8 Å². The second-order valence-corrected chi connectivity index (χ2v) is 24.4. The Morgan fingerprint density at radius 2 is 0.892 bits per heavy atom. The van der Waals surface area contributed by atoms with Crippen molar-refractivity contribution < 1.29 is 10.2 Å². The highest BCUT2D eigenvalue weighted by Gasteiger charge is 2.24. The van der Waals surface area contributed by atoms with Crippen molar-refractivity contribution in [3.63, 3.8) is 0 Å². The molecule has 0 spiro atoms. The number of fused-ring (bicyclic) bond motifs is 7. The van der Waals surface area contributed by atoms with E-state index in [1.54, 1.807) is 6.21 Å². The highest BCUT2D eigenvalue weighted by molar-refractivity contribution is 6.11. The maximum absolute atomic E-state index is 12.1. The molecule has 0 aliphatic carbocycles. The number of pyridine rings is 1. The Kier molecular flexibility index (Phi) is 11.3. The Bertz CT molecular complexity index is 3920. The first-order chi connectivity index (χ1) is 35.0. The van der Waals surface area contributed by atoms with Crippen LogP contribution < -0.4 is 0 Å². The molecule has 0 saturated heterocycles. The van der Waals surface area contributed by atoms with Crippen molar-refractivity contribution in [3.8, 4) is 45.3 Å².